The van der Waals surface area contributed by atoms with Crippen LogP contribution in [0.2, 0.25) is 5.02 Å². The molecule has 0 aromatic heterocycles. The molecule has 17 heavy (non-hydrogen) atoms. The van der Waals surface area contributed by atoms with Gasteiger partial charge >= 0.3 is 0 Å². The van der Waals surface area contributed by atoms with Gasteiger partial charge in [0.2, 0.25) is 0 Å². The van der Waals surface area contributed by atoms with E-state index in [2.05, 4.69) is 10.3 Å². The highest BCUT2D eigenvalue weighted by molar-refractivity contribution is 6.70. The lowest BCUT2D eigenvalue weighted by Crippen LogP contribution is -2.13. The molecule has 1 aromatic carbocycles. The number of rotatable bonds is 0. The Kier molecular flexibility index (Phi) is 3.01. The summed E-state index contributed by atoms with van der Waals surface area (Å²) in [7, 11) is 0. The Balaban J connectivity index is 2.59. The summed E-state index contributed by atoms with van der Waals surface area (Å²) in [5, 5.41) is 21.1. The average molecular weight is 263 g/mol. The molecule has 0 atom stereocenters. The van der Waals surface area contributed by atoms with E-state index in [1.807, 2.05) is 0 Å². The molecule has 1 N–H and O–H groups in total. The van der Waals surface area contributed by atoms with E-state index < -0.39 is 0 Å². The summed E-state index contributed by atoms with van der Waals surface area (Å²) in [5.74, 6) is 0. The number of nitriles is 2. The van der Waals surface area contributed by atoms with Crippen LogP contribution in [-0.2, 0) is 0 Å². The predicted molar refractivity (Wildman–Crippen MR) is 66.3 cm³/mol. The van der Waals surface area contributed by atoms with E-state index in [1.54, 1.807) is 30.3 Å². The minimum Gasteiger partial charge on any atom is -0.350 e. The number of nitrogens with one attached hydrogen (secondary N) is 1. The highest BCUT2D eigenvalue weighted by Gasteiger charge is 2.19. The molecule has 2 rings (SSSR count). The molecule has 1 aliphatic heterocycles. The van der Waals surface area contributed by atoms with Crippen molar-refractivity contribution in [3.8, 4) is 12.1 Å². The maximum absolute atomic E-state index is 8.78. The summed E-state index contributed by atoms with van der Waals surface area (Å²) in [6, 6.07) is 8.54. The minimum atomic E-state index is -0.112. The second-order valence-electron chi connectivity index (χ2n) is 3.16. The first-order valence-electron chi connectivity index (χ1n) is 4.51. The Morgan fingerprint density at radius 1 is 1.24 bits per heavy atom. The smallest absolute Gasteiger partial charge is 0.156 e. The van der Waals surface area contributed by atoms with Crippen molar-refractivity contribution in [3.05, 3.63) is 34.5 Å². The van der Waals surface area contributed by atoms with Crippen LogP contribution in [0.3, 0.4) is 0 Å². The van der Waals surface area contributed by atoms with Crippen LogP contribution in [0.4, 0.5) is 11.4 Å². The summed E-state index contributed by atoms with van der Waals surface area (Å²) < 4.78 is 0. The van der Waals surface area contributed by atoms with Gasteiger partial charge in [-0.3, -0.25) is 0 Å². The molecular formula is C11H4Cl2N4. The largest absolute Gasteiger partial charge is 0.350 e. The minimum absolute atomic E-state index is 0.0675. The van der Waals surface area contributed by atoms with Crippen LogP contribution in [0.25, 0.3) is 0 Å². The summed E-state index contributed by atoms with van der Waals surface area (Å²) in [6.45, 7) is 0. The number of hydrogen-bond donors (Lipinski definition) is 1. The van der Waals surface area contributed by atoms with E-state index in [4.69, 9.17) is 33.7 Å². The Morgan fingerprint density at radius 3 is 2.59 bits per heavy atom. The predicted octanol–water partition coefficient (Wildman–Crippen LogP) is 3.34. The van der Waals surface area contributed by atoms with Gasteiger partial charge < -0.3 is 5.32 Å². The van der Waals surface area contributed by atoms with Gasteiger partial charge in [0.05, 0.1) is 11.4 Å². The number of halogens is 2. The normalized spacial score (nSPS) is 12.7. The Morgan fingerprint density at radius 2 is 1.94 bits per heavy atom. The molecular weight excluding hydrogens is 259 g/mol. The third kappa shape index (κ3) is 2.09. The highest BCUT2D eigenvalue weighted by atomic mass is 35.5. The third-order valence-electron chi connectivity index (χ3n) is 2.12. The van der Waals surface area contributed by atoms with E-state index in [0.29, 0.717) is 16.4 Å². The number of benzene rings is 1. The second-order valence-corrected chi connectivity index (χ2v) is 3.96. The summed E-state index contributed by atoms with van der Waals surface area (Å²) >= 11 is 11.7. The number of aliphatic imine (C=N–C) groups is 1. The molecule has 1 heterocycles. The zero-order chi connectivity index (χ0) is 12.4. The highest BCUT2D eigenvalue weighted by Crippen LogP contribution is 2.34. The molecule has 0 spiro atoms. The van der Waals surface area contributed by atoms with Crippen molar-refractivity contribution >= 4 is 39.7 Å². The lowest BCUT2D eigenvalue weighted by atomic mass is 10.2. The molecule has 0 amide bonds. The van der Waals surface area contributed by atoms with Gasteiger partial charge in [0.25, 0.3) is 0 Å². The molecule has 0 saturated heterocycles. The molecule has 0 saturated carbocycles. The number of fused-ring (bicyclic) bond motifs is 1. The number of allylic oxidation sites excluding steroid dienone is 2. The molecule has 6 heteroatoms. The van der Waals surface area contributed by atoms with Crippen molar-refractivity contribution in [2.75, 3.05) is 5.32 Å². The molecule has 0 fully saturated rings. The molecule has 4 nitrogen and oxygen atoms in total. The first-order chi connectivity index (χ1) is 8.15. The lowest BCUT2D eigenvalue weighted by Gasteiger charge is -2.17. The maximum Gasteiger partial charge on any atom is 0.156 e. The molecule has 82 valence electrons. The van der Waals surface area contributed by atoms with E-state index in [-0.39, 0.29) is 16.4 Å². The average Bonchev–Trinajstić information content (AvgIpc) is 2.31. The van der Waals surface area contributed by atoms with Gasteiger partial charge in [0.15, 0.2) is 10.7 Å². The standard InChI is InChI=1S/C11H4Cl2N4/c12-7-1-2-8-9(3-7)17-11(13)10(16-8)6(4-14)5-15/h1-3,16H. The van der Waals surface area contributed by atoms with Crippen molar-refractivity contribution in [1.29, 1.82) is 10.5 Å². The first kappa shape index (κ1) is 11.5. The molecule has 1 aromatic rings. The van der Waals surface area contributed by atoms with Crippen molar-refractivity contribution < 1.29 is 0 Å². The molecule has 0 radical (unpaired) electrons. The number of hydrogen-bond acceptors (Lipinski definition) is 4. The van der Waals surface area contributed by atoms with E-state index >= 15 is 0 Å². The fourth-order valence-corrected chi connectivity index (χ4v) is 1.75. The maximum atomic E-state index is 8.78. The van der Waals surface area contributed by atoms with Crippen LogP contribution in [0.5, 0.6) is 0 Å². The van der Waals surface area contributed by atoms with Crippen LogP contribution < -0.4 is 5.32 Å². The fourth-order valence-electron chi connectivity index (χ4n) is 1.35. The van der Waals surface area contributed by atoms with E-state index in [1.165, 1.54) is 0 Å². The lowest BCUT2D eigenvalue weighted by molar-refractivity contribution is 1.37. The van der Waals surface area contributed by atoms with E-state index in [9.17, 15) is 0 Å². The van der Waals surface area contributed by atoms with Gasteiger partial charge in [-0.15, -0.1) is 0 Å². The first-order valence-corrected chi connectivity index (χ1v) is 5.27. The van der Waals surface area contributed by atoms with Crippen LogP contribution in [0, 0.1) is 22.7 Å². The van der Waals surface area contributed by atoms with Gasteiger partial charge in [0.1, 0.15) is 17.8 Å². The SMILES string of the molecule is N#CC(C#N)=C1Nc2ccc(Cl)cc2N=C1Cl. The number of nitrogens with zero attached hydrogens (tertiary/aromatic N) is 3. The Bertz CT molecular complexity index is 616. The summed E-state index contributed by atoms with van der Waals surface area (Å²) in [6.07, 6.45) is 0. The van der Waals surface area contributed by atoms with Crippen molar-refractivity contribution in [2.24, 2.45) is 4.99 Å². The molecule has 1 aliphatic rings. The molecule has 0 bridgehead atoms. The van der Waals surface area contributed by atoms with E-state index in [0.717, 1.165) is 0 Å². The topological polar surface area (TPSA) is 72.0 Å². The van der Waals surface area contributed by atoms with Gasteiger partial charge in [-0.1, -0.05) is 23.2 Å². The fraction of sp³-hybridized carbons (Fsp3) is 0. The van der Waals surface area contributed by atoms with Crippen molar-refractivity contribution in [1.82, 2.24) is 0 Å². The van der Waals surface area contributed by atoms with Gasteiger partial charge in [-0.2, -0.15) is 10.5 Å². The monoisotopic (exact) mass is 262 g/mol. The molecule has 0 unspecified atom stereocenters. The zero-order valence-electron chi connectivity index (χ0n) is 8.33. The Labute approximate surface area is 107 Å². The van der Waals surface area contributed by atoms with Gasteiger partial charge in [-0.25, -0.2) is 4.99 Å². The zero-order valence-corrected chi connectivity index (χ0v) is 9.84. The van der Waals surface area contributed by atoms with Crippen LogP contribution in [0.15, 0.2) is 34.5 Å². The summed E-state index contributed by atoms with van der Waals surface area (Å²) in [5.41, 5.74) is 1.32. The van der Waals surface area contributed by atoms with Gasteiger partial charge in [0, 0.05) is 5.02 Å². The van der Waals surface area contributed by atoms with Crippen molar-refractivity contribution in [3.63, 3.8) is 0 Å². The Hall–Kier alpha value is -2.01. The van der Waals surface area contributed by atoms with Crippen LogP contribution >= 0.6 is 23.2 Å². The third-order valence-corrected chi connectivity index (χ3v) is 2.63. The van der Waals surface area contributed by atoms with Crippen LogP contribution in [0.1, 0.15) is 0 Å². The summed E-state index contributed by atoms with van der Waals surface area (Å²) in [4.78, 5) is 4.08. The molecule has 0 aliphatic carbocycles. The van der Waals surface area contributed by atoms with Crippen molar-refractivity contribution in [2.45, 2.75) is 0 Å². The number of anilines is 1. The second kappa shape index (κ2) is 4.47. The van der Waals surface area contributed by atoms with Crippen LogP contribution in [-0.4, -0.2) is 5.17 Å². The quantitative estimate of drug-likeness (QED) is 0.729. The van der Waals surface area contributed by atoms with Gasteiger partial charge in [-0.05, 0) is 18.2 Å².